The summed E-state index contributed by atoms with van der Waals surface area (Å²) < 4.78 is 29.7. The number of nitrogens with one attached hydrogen (secondary N) is 1. The number of nitrogens with zero attached hydrogens (tertiary/aromatic N) is 1. The van der Waals surface area contributed by atoms with Gasteiger partial charge in [-0.1, -0.05) is 6.08 Å². The molecule has 0 aliphatic carbocycles. The zero-order chi connectivity index (χ0) is 14.0. The van der Waals surface area contributed by atoms with Crippen LogP contribution in [0, 0.1) is 0 Å². The molecule has 0 unspecified atom stereocenters. The maximum atomic E-state index is 11.1. The molecule has 1 aliphatic heterocycles. The van der Waals surface area contributed by atoms with Crippen LogP contribution in [0.15, 0.2) is 12.7 Å². The van der Waals surface area contributed by atoms with E-state index in [4.69, 9.17) is 4.55 Å². The van der Waals surface area contributed by atoms with Gasteiger partial charge in [0.25, 0.3) is 0 Å². The normalized spacial score (nSPS) is 15.2. The number of carbonyl (C=O) groups excluding carboxylic acids is 1. The Morgan fingerprint density at radius 3 is 2.61 bits per heavy atom. The highest BCUT2D eigenvalue weighted by molar-refractivity contribution is 7.80. The fourth-order valence-corrected chi connectivity index (χ4v) is 1.36. The van der Waals surface area contributed by atoms with E-state index in [1.165, 1.54) is 0 Å². The minimum absolute atomic E-state index is 0.301. The van der Waals surface area contributed by atoms with Gasteiger partial charge in [-0.25, -0.2) is 0 Å². The number of hydrogen-bond donors (Lipinski definition) is 2. The lowest BCUT2D eigenvalue weighted by Crippen LogP contribution is -2.32. The Balaban J connectivity index is 0.000000411. The molecule has 1 heterocycles. The second-order valence-electron chi connectivity index (χ2n) is 3.57. The first-order chi connectivity index (χ1) is 8.40. The highest BCUT2D eigenvalue weighted by Gasteiger charge is 2.18. The summed E-state index contributed by atoms with van der Waals surface area (Å²) in [6.45, 7) is 7.08. The van der Waals surface area contributed by atoms with Crippen LogP contribution in [0.25, 0.3) is 0 Å². The van der Waals surface area contributed by atoms with Crippen molar-refractivity contribution >= 4 is 16.3 Å². The maximum Gasteiger partial charge on any atom is 0.397 e. The Morgan fingerprint density at radius 2 is 2.22 bits per heavy atom. The molecule has 0 spiro atoms. The van der Waals surface area contributed by atoms with Gasteiger partial charge in [-0.15, -0.1) is 6.58 Å². The Labute approximate surface area is 108 Å². The van der Waals surface area contributed by atoms with Crippen molar-refractivity contribution in [1.82, 2.24) is 10.2 Å². The number of likely N-dealkylation sites (tertiary alicyclic amines) is 1. The Hall–Kier alpha value is -0.960. The predicted molar refractivity (Wildman–Crippen MR) is 67.4 cm³/mol. The van der Waals surface area contributed by atoms with E-state index in [0.29, 0.717) is 5.91 Å². The molecule has 1 fully saturated rings. The first-order valence-corrected chi connectivity index (χ1v) is 6.89. The molecular weight excluding hydrogens is 260 g/mol. The SMILES string of the molecule is C=CCNCCN1CCCC1=O.COS(=O)(=O)O. The molecular formula is C10H20N2O5S. The van der Waals surface area contributed by atoms with Crippen LogP contribution in [0.3, 0.4) is 0 Å². The van der Waals surface area contributed by atoms with E-state index >= 15 is 0 Å². The van der Waals surface area contributed by atoms with Gasteiger partial charge in [-0.2, -0.15) is 8.42 Å². The summed E-state index contributed by atoms with van der Waals surface area (Å²) >= 11 is 0. The number of hydrogen-bond acceptors (Lipinski definition) is 5. The third kappa shape index (κ3) is 9.11. The summed E-state index contributed by atoms with van der Waals surface area (Å²) in [6.07, 6.45) is 3.59. The monoisotopic (exact) mass is 280 g/mol. The molecule has 1 saturated heterocycles. The summed E-state index contributed by atoms with van der Waals surface area (Å²) in [4.78, 5) is 13.0. The van der Waals surface area contributed by atoms with Crippen LogP contribution in [-0.4, -0.2) is 57.1 Å². The lowest BCUT2D eigenvalue weighted by Gasteiger charge is -2.14. The average molecular weight is 280 g/mol. The summed E-state index contributed by atoms with van der Waals surface area (Å²) in [5.74, 6) is 0.301. The molecule has 0 aromatic heterocycles. The molecule has 1 rings (SSSR count). The molecule has 0 aromatic rings. The quantitative estimate of drug-likeness (QED) is 0.398. The zero-order valence-electron chi connectivity index (χ0n) is 10.5. The first-order valence-electron chi connectivity index (χ1n) is 5.53. The molecule has 0 atom stereocenters. The van der Waals surface area contributed by atoms with Gasteiger partial charge in [-0.3, -0.25) is 13.5 Å². The van der Waals surface area contributed by atoms with Crippen LogP contribution in [0.5, 0.6) is 0 Å². The van der Waals surface area contributed by atoms with Gasteiger partial charge in [0.1, 0.15) is 0 Å². The predicted octanol–water partition coefficient (Wildman–Crippen LogP) is -0.180. The second-order valence-corrected chi connectivity index (χ2v) is 4.76. The summed E-state index contributed by atoms with van der Waals surface area (Å²) in [5, 5.41) is 3.17. The first kappa shape index (κ1) is 17.0. The topological polar surface area (TPSA) is 95.9 Å². The molecule has 1 aliphatic rings. The van der Waals surface area contributed by atoms with Gasteiger partial charge in [-0.05, 0) is 6.42 Å². The Bertz CT molecular complexity index is 355. The van der Waals surface area contributed by atoms with Crippen molar-refractivity contribution in [1.29, 1.82) is 0 Å². The maximum absolute atomic E-state index is 11.1. The van der Waals surface area contributed by atoms with Crippen LogP contribution >= 0.6 is 0 Å². The fourth-order valence-electron chi connectivity index (χ4n) is 1.36. The summed E-state index contributed by atoms with van der Waals surface area (Å²) in [5.41, 5.74) is 0. The largest absolute Gasteiger partial charge is 0.397 e. The molecule has 1 amide bonds. The van der Waals surface area contributed by atoms with Crippen LogP contribution < -0.4 is 5.32 Å². The van der Waals surface area contributed by atoms with Gasteiger partial charge >= 0.3 is 10.4 Å². The summed E-state index contributed by atoms with van der Waals surface area (Å²) in [6, 6.07) is 0. The molecule has 8 heteroatoms. The summed E-state index contributed by atoms with van der Waals surface area (Å²) in [7, 11) is -3.29. The fraction of sp³-hybridized carbons (Fsp3) is 0.700. The van der Waals surface area contributed by atoms with E-state index in [9.17, 15) is 13.2 Å². The molecule has 18 heavy (non-hydrogen) atoms. The van der Waals surface area contributed by atoms with E-state index < -0.39 is 10.4 Å². The van der Waals surface area contributed by atoms with E-state index in [-0.39, 0.29) is 0 Å². The van der Waals surface area contributed by atoms with E-state index in [1.54, 1.807) is 0 Å². The van der Waals surface area contributed by atoms with Gasteiger partial charge in [0.15, 0.2) is 0 Å². The molecule has 7 nitrogen and oxygen atoms in total. The van der Waals surface area contributed by atoms with Crippen LogP contribution in [-0.2, 0) is 19.4 Å². The lowest BCUT2D eigenvalue weighted by molar-refractivity contribution is -0.127. The number of carbonyl (C=O) groups is 1. The van der Waals surface area contributed by atoms with E-state index in [1.807, 2.05) is 11.0 Å². The minimum Gasteiger partial charge on any atom is -0.341 e. The van der Waals surface area contributed by atoms with Gasteiger partial charge in [0, 0.05) is 32.6 Å². The molecule has 2 N–H and O–H groups in total. The molecule has 0 aromatic carbocycles. The van der Waals surface area contributed by atoms with Crippen molar-refractivity contribution in [2.24, 2.45) is 0 Å². The van der Waals surface area contributed by atoms with Crippen molar-refractivity contribution in [3.8, 4) is 0 Å². The molecule has 0 bridgehead atoms. The second kappa shape index (κ2) is 9.03. The van der Waals surface area contributed by atoms with Crippen molar-refractivity contribution in [2.75, 3.05) is 33.3 Å². The van der Waals surface area contributed by atoms with Gasteiger partial charge in [0.2, 0.25) is 5.91 Å². The van der Waals surface area contributed by atoms with Gasteiger partial charge < -0.3 is 10.2 Å². The van der Waals surface area contributed by atoms with E-state index in [2.05, 4.69) is 16.1 Å². The minimum atomic E-state index is -4.16. The number of amides is 1. The molecule has 0 saturated carbocycles. The van der Waals surface area contributed by atoms with Crippen LogP contribution in [0.4, 0.5) is 0 Å². The van der Waals surface area contributed by atoms with E-state index in [0.717, 1.165) is 46.1 Å². The van der Waals surface area contributed by atoms with Crippen molar-refractivity contribution < 1.29 is 21.9 Å². The average Bonchev–Trinajstić information content (AvgIpc) is 2.71. The zero-order valence-corrected chi connectivity index (χ0v) is 11.3. The molecule has 106 valence electrons. The Kier molecular flexibility index (Phi) is 8.55. The highest BCUT2D eigenvalue weighted by Crippen LogP contribution is 2.07. The van der Waals surface area contributed by atoms with Crippen molar-refractivity contribution in [3.63, 3.8) is 0 Å². The van der Waals surface area contributed by atoms with Crippen molar-refractivity contribution in [3.05, 3.63) is 12.7 Å². The lowest BCUT2D eigenvalue weighted by atomic mass is 10.4. The van der Waals surface area contributed by atoms with Gasteiger partial charge in [0.05, 0.1) is 7.11 Å². The Morgan fingerprint density at radius 1 is 1.61 bits per heavy atom. The third-order valence-corrected chi connectivity index (χ3v) is 2.65. The molecule has 0 radical (unpaired) electrons. The smallest absolute Gasteiger partial charge is 0.341 e. The van der Waals surface area contributed by atoms with Crippen LogP contribution in [0.1, 0.15) is 12.8 Å². The number of rotatable bonds is 6. The third-order valence-electron chi connectivity index (χ3n) is 2.23. The van der Waals surface area contributed by atoms with Crippen molar-refractivity contribution in [2.45, 2.75) is 12.8 Å². The highest BCUT2D eigenvalue weighted by atomic mass is 32.3. The van der Waals surface area contributed by atoms with Crippen LogP contribution in [0.2, 0.25) is 0 Å². The standard InChI is InChI=1S/C9H16N2O.CH4O4S/c1-2-5-10-6-8-11-7-3-4-9(11)12;1-5-6(2,3)4/h2,10H,1,3-8H2;1H3,(H,2,3,4).